The third-order valence-corrected chi connectivity index (χ3v) is 3.63. The zero-order chi connectivity index (χ0) is 12.8. The monoisotopic (exact) mass is 241 g/mol. The van der Waals surface area contributed by atoms with Gasteiger partial charge in [0.15, 0.2) is 0 Å². The van der Waals surface area contributed by atoms with Crippen LogP contribution in [0.3, 0.4) is 0 Å². The number of nitrogens with zero attached hydrogens (tertiary/aromatic N) is 2. The minimum Gasteiger partial charge on any atom is -0.340 e. The average Bonchev–Trinajstić information content (AvgIpc) is 2.29. The Morgan fingerprint density at radius 1 is 1.41 bits per heavy atom. The molecule has 0 bridgehead atoms. The van der Waals surface area contributed by atoms with E-state index in [0.29, 0.717) is 18.4 Å². The van der Waals surface area contributed by atoms with Crippen molar-refractivity contribution < 1.29 is 4.79 Å². The van der Waals surface area contributed by atoms with E-state index in [2.05, 4.69) is 38.0 Å². The normalized spacial score (nSPS) is 23.8. The van der Waals surface area contributed by atoms with Crippen molar-refractivity contribution in [2.45, 2.75) is 45.7 Å². The highest BCUT2D eigenvalue weighted by Crippen LogP contribution is 2.12. The van der Waals surface area contributed by atoms with Gasteiger partial charge in [-0.3, -0.25) is 9.69 Å². The second kappa shape index (κ2) is 6.97. The molecule has 4 nitrogen and oxygen atoms in total. The fourth-order valence-electron chi connectivity index (χ4n) is 2.43. The van der Waals surface area contributed by atoms with Crippen LogP contribution in [0.1, 0.15) is 33.6 Å². The second-order valence-electron chi connectivity index (χ2n) is 5.05. The topological polar surface area (TPSA) is 35.6 Å². The number of amides is 1. The Morgan fingerprint density at radius 2 is 2.12 bits per heavy atom. The van der Waals surface area contributed by atoms with E-state index in [9.17, 15) is 4.79 Å². The molecule has 1 saturated heterocycles. The summed E-state index contributed by atoms with van der Waals surface area (Å²) in [5.41, 5.74) is 0. The number of rotatable bonds is 5. The van der Waals surface area contributed by atoms with Gasteiger partial charge in [0.25, 0.3) is 0 Å². The van der Waals surface area contributed by atoms with Crippen LogP contribution >= 0.6 is 0 Å². The molecule has 0 aromatic heterocycles. The predicted octanol–water partition coefficient (Wildman–Crippen LogP) is 0.927. The Balaban J connectivity index is 2.42. The van der Waals surface area contributed by atoms with E-state index in [1.807, 2.05) is 4.90 Å². The maximum absolute atomic E-state index is 12.1. The highest BCUT2D eigenvalue weighted by Gasteiger charge is 2.26. The molecule has 1 rings (SSSR count). The summed E-state index contributed by atoms with van der Waals surface area (Å²) >= 11 is 0. The highest BCUT2D eigenvalue weighted by molar-refractivity contribution is 5.77. The Bertz CT molecular complexity index is 245. The number of hydrogen-bond donors (Lipinski definition) is 1. The van der Waals surface area contributed by atoms with Crippen LogP contribution in [-0.2, 0) is 4.79 Å². The highest BCUT2D eigenvalue weighted by atomic mass is 16.2. The van der Waals surface area contributed by atoms with Gasteiger partial charge in [0.05, 0.1) is 0 Å². The first kappa shape index (κ1) is 14.5. The molecule has 0 radical (unpaired) electrons. The molecule has 1 N–H and O–H groups in total. The molecule has 1 aliphatic rings. The molecule has 0 aromatic carbocycles. The first-order valence-corrected chi connectivity index (χ1v) is 6.79. The summed E-state index contributed by atoms with van der Waals surface area (Å²) in [7, 11) is 2.15. The molecule has 2 unspecified atom stereocenters. The van der Waals surface area contributed by atoms with Gasteiger partial charge in [-0.05, 0) is 26.9 Å². The smallest absolute Gasteiger partial charge is 0.224 e. The quantitative estimate of drug-likeness (QED) is 0.778. The van der Waals surface area contributed by atoms with E-state index < -0.39 is 0 Å². The minimum absolute atomic E-state index is 0.284. The summed E-state index contributed by atoms with van der Waals surface area (Å²) in [6, 6.07) is 0.814. The Hall–Kier alpha value is -0.610. The van der Waals surface area contributed by atoms with Crippen LogP contribution in [0.2, 0.25) is 0 Å². The first-order chi connectivity index (χ1) is 8.08. The maximum atomic E-state index is 12.1. The lowest BCUT2D eigenvalue weighted by atomic mass is 10.1. The molecule has 0 aliphatic carbocycles. The van der Waals surface area contributed by atoms with Gasteiger partial charge in [-0.2, -0.15) is 0 Å². The largest absolute Gasteiger partial charge is 0.340 e. The molecular formula is C13H27N3O. The van der Waals surface area contributed by atoms with Gasteiger partial charge in [0.1, 0.15) is 0 Å². The molecule has 0 spiro atoms. The molecule has 100 valence electrons. The number of piperazine rings is 1. The van der Waals surface area contributed by atoms with Gasteiger partial charge in [-0.1, -0.05) is 13.8 Å². The fraction of sp³-hybridized carbons (Fsp3) is 0.923. The van der Waals surface area contributed by atoms with E-state index in [0.717, 1.165) is 32.6 Å². The van der Waals surface area contributed by atoms with Gasteiger partial charge in [0.2, 0.25) is 5.91 Å². The van der Waals surface area contributed by atoms with E-state index in [-0.39, 0.29) is 6.04 Å². The second-order valence-corrected chi connectivity index (χ2v) is 5.05. The molecule has 1 fully saturated rings. The molecule has 0 saturated carbocycles. The van der Waals surface area contributed by atoms with E-state index in [1.165, 1.54) is 0 Å². The van der Waals surface area contributed by atoms with Gasteiger partial charge in [-0.15, -0.1) is 0 Å². The summed E-state index contributed by atoms with van der Waals surface area (Å²) < 4.78 is 0. The Morgan fingerprint density at radius 3 is 2.71 bits per heavy atom. The van der Waals surface area contributed by atoms with Crippen molar-refractivity contribution in [3.8, 4) is 0 Å². The lowest BCUT2D eigenvalue weighted by Gasteiger charge is -2.39. The standard InChI is InChI=1S/C13H27N3O/c1-5-12-10-16(8-7-15(12)4)13(17)9-11(3)14-6-2/h11-12,14H,5-10H2,1-4H3. The lowest BCUT2D eigenvalue weighted by molar-refractivity contribution is -0.134. The molecule has 17 heavy (non-hydrogen) atoms. The van der Waals surface area contributed by atoms with E-state index in [1.54, 1.807) is 0 Å². The van der Waals surface area contributed by atoms with Crippen molar-refractivity contribution in [1.82, 2.24) is 15.1 Å². The number of likely N-dealkylation sites (N-methyl/N-ethyl adjacent to an activating group) is 1. The van der Waals surface area contributed by atoms with Crippen molar-refractivity contribution in [3.05, 3.63) is 0 Å². The van der Waals surface area contributed by atoms with Crippen LogP contribution in [0.15, 0.2) is 0 Å². The van der Waals surface area contributed by atoms with Crippen molar-refractivity contribution in [2.24, 2.45) is 0 Å². The minimum atomic E-state index is 0.284. The van der Waals surface area contributed by atoms with Crippen LogP contribution in [0.4, 0.5) is 0 Å². The number of carbonyl (C=O) groups excluding carboxylic acids is 1. The van der Waals surface area contributed by atoms with Crippen LogP contribution < -0.4 is 5.32 Å². The van der Waals surface area contributed by atoms with Gasteiger partial charge < -0.3 is 10.2 Å². The Kier molecular flexibility index (Phi) is 5.92. The first-order valence-electron chi connectivity index (χ1n) is 6.79. The van der Waals surface area contributed by atoms with E-state index in [4.69, 9.17) is 0 Å². The van der Waals surface area contributed by atoms with Crippen LogP contribution in [0.5, 0.6) is 0 Å². The maximum Gasteiger partial charge on any atom is 0.224 e. The van der Waals surface area contributed by atoms with Crippen LogP contribution in [0, 0.1) is 0 Å². The third-order valence-electron chi connectivity index (χ3n) is 3.63. The van der Waals surface area contributed by atoms with Crippen molar-refractivity contribution >= 4 is 5.91 Å². The van der Waals surface area contributed by atoms with Gasteiger partial charge in [0, 0.05) is 38.1 Å². The van der Waals surface area contributed by atoms with Gasteiger partial charge >= 0.3 is 0 Å². The van der Waals surface area contributed by atoms with Crippen molar-refractivity contribution in [1.29, 1.82) is 0 Å². The summed E-state index contributed by atoms with van der Waals surface area (Å²) in [6.45, 7) is 10.0. The summed E-state index contributed by atoms with van der Waals surface area (Å²) in [6.07, 6.45) is 1.73. The van der Waals surface area contributed by atoms with Crippen LogP contribution in [-0.4, -0.2) is 61.0 Å². The average molecular weight is 241 g/mol. The van der Waals surface area contributed by atoms with E-state index >= 15 is 0 Å². The summed E-state index contributed by atoms with van der Waals surface area (Å²) in [5.74, 6) is 0.296. The molecule has 2 atom stereocenters. The zero-order valence-electron chi connectivity index (χ0n) is 11.7. The molecule has 0 aromatic rings. The fourth-order valence-corrected chi connectivity index (χ4v) is 2.43. The van der Waals surface area contributed by atoms with Crippen molar-refractivity contribution in [3.63, 3.8) is 0 Å². The molecule has 1 amide bonds. The van der Waals surface area contributed by atoms with Gasteiger partial charge in [-0.25, -0.2) is 0 Å². The summed E-state index contributed by atoms with van der Waals surface area (Å²) in [5, 5.41) is 3.29. The summed E-state index contributed by atoms with van der Waals surface area (Å²) in [4.78, 5) is 16.5. The number of nitrogens with one attached hydrogen (secondary N) is 1. The number of carbonyl (C=O) groups is 1. The zero-order valence-corrected chi connectivity index (χ0v) is 11.7. The predicted molar refractivity (Wildman–Crippen MR) is 71.0 cm³/mol. The molecule has 1 aliphatic heterocycles. The SMILES string of the molecule is CCNC(C)CC(=O)N1CCN(C)C(CC)C1. The molecule has 1 heterocycles. The molecular weight excluding hydrogens is 214 g/mol. The third kappa shape index (κ3) is 4.28. The van der Waals surface area contributed by atoms with Crippen molar-refractivity contribution in [2.75, 3.05) is 33.2 Å². The number of hydrogen-bond acceptors (Lipinski definition) is 3. The Labute approximate surface area is 105 Å². The molecule has 4 heteroatoms. The van der Waals surface area contributed by atoms with Crippen LogP contribution in [0.25, 0.3) is 0 Å². The lowest BCUT2D eigenvalue weighted by Crippen LogP contribution is -2.53.